The number of fused-ring (bicyclic) bond motifs is 1. The van der Waals surface area contributed by atoms with Gasteiger partial charge in [0.1, 0.15) is 5.75 Å². The van der Waals surface area contributed by atoms with Crippen molar-refractivity contribution in [1.29, 1.82) is 0 Å². The van der Waals surface area contributed by atoms with E-state index in [-0.39, 0.29) is 17.9 Å². The SMILES string of the molecule is CCC(Oc1ccc2c(c1)C(c1ccccc1)N(C(=O)c1ccccc1)CC2)C(=O)NCCC(C)C. The first-order chi connectivity index (χ1) is 17.5. The molecule has 0 spiro atoms. The van der Waals surface area contributed by atoms with Gasteiger partial charge in [0.25, 0.3) is 11.8 Å². The highest BCUT2D eigenvalue weighted by Crippen LogP contribution is 2.38. The van der Waals surface area contributed by atoms with Crippen molar-refractivity contribution in [2.75, 3.05) is 13.1 Å². The monoisotopic (exact) mass is 484 g/mol. The number of carbonyl (C=O) groups is 2. The number of nitrogens with one attached hydrogen (secondary N) is 1. The van der Waals surface area contributed by atoms with Gasteiger partial charge in [-0.15, -0.1) is 0 Å². The van der Waals surface area contributed by atoms with Crippen LogP contribution in [0.4, 0.5) is 0 Å². The maximum absolute atomic E-state index is 13.6. The maximum atomic E-state index is 13.6. The Hall–Kier alpha value is -3.60. The van der Waals surface area contributed by atoms with E-state index < -0.39 is 6.10 Å². The number of ether oxygens (including phenoxy) is 1. The van der Waals surface area contributed by atoms with Crippen molar-refractivity contribution in [3.63, 3.8) is 0 Å². The zero-order valence-electron chi connectivity index (χ0n) is 21.4. The minimum Gasteiger partial charge on any atom is -0.481 e. The van der Waals surface area contributed by atoms with Crippen molar-refractivity contribution < 1.29 is 14.3 Å². The van der Waals surface area contributed by atoms with E-state index in [1.165, 1.54) is 5.56 Å². The first-order valence-corrected chi connectivity index (χ1v) is 13.0. The first kappa shape index (κ1) is 25.5. The normalized spacial score (nSPS) is 15.8. The van der Waals surface area contributed by atoms with Crippen LogP contribution in [0.2, 0.25) is 0 Å². The Bertz CT molecular complexity index is 1160. The summed E-state index contributed by atoms with van der Waals surface area (Å²) in [5.41, 5.74) is 3.98. The molecule has 1 aliphatic rings. The van der Waals surface area contributed by atoms with Gasteiger partial charge in [-0.05, 0) is 66.1 Å². The van der Waals surface area contributed by atoms with E-state index in [2.05, 4.69) is 37.4 Å². The molecule has 2 atom stereocenters. The van der Waals surface area contributed by atoms with Crippen LogP contribution in [0.15, 0.2) is 78.9 Å². The molecule has 0 saturated heterocycles. The van der Waals surface area contributed by atoms with Crippen molar-refractivity contribution in [2.24, 2.45) is 5.92 Å². The van der Waals surface area contributed by atoms with Gasteiger partial charge in [0.2, 0.25) is 0 Å². The third-order valence-corrected chi connectivity index (χ3v) is 6.71. The van der Waals surface area contributed by atoms with E-state index in [0.29, 0.717) is 36.7 Å². The van der Waals surface area contributed by atoms with Crippen LogP contribution >= 0.6 is 0 Å². The lowest BCUT2D eigenvalue weighted by Gasteiger charge is -2.38. The number of hydrogen-bond donors (Lipinski definition) is 1. The van der Waals surface area contributed by atoms with Crippen molar-refractivity contribution in [3.05, 3.63) is 101 Å². The van der Waals surface area contributed by atoms with Gasteiger partial charge in [-0.1, -0.05) is 75.4 Å². The minimum atomic E-state index is -0.559. The van der Waals surface area contributed by atoms with Gasteiger partial charge in [-0.25, -0.2) is 0 Å². The van der Waals surface area contributed by atoms with Crippen molar-refractivity contribution in [3.8, 4) is 5.75 Å². The number of nitrogens with zero attached hydrogens (tertiary/aromatic N) is 1. The van der Waals surface area contributed by atoms with Gasteiger partial charge in [-0.2, -0.15) is 0 Å². The minimum absolute atomic E-state index is 0.0115. The van der Waals surface area contributed by atoms with Crippen LogP contribution in [-0.4, -0.2) is 35.9 Å². The van der Waals surface area contributed by atoms with Gasteiger partial charge in [0, 0.05) is 18.7 Å². The van der Waals surface area contributed by atoms with Crippen LogP contribution in [-0.2, 0) is 11.2 Å². The molecule has 188 valence electrons. The topological polar surface area (TPSA) is 58.6 Å². The summed E-state index contributed by atoms with van der Waals surface area (Å²) in [6.07, 6.45) is 1.72. The molecule has 0 aromatic heterocycles. The zero-order valence-corrected chi connectivity index (χ0v) is 21.4. The molecule has 0 saturated carbocycles. The molecule has 0 fully saturated rings. The summed E-state index contributed by atoms with van der Waals surface area (Å²) in [5.74, 6) is 1.10. The maximum Gasteiger partial charge on any atom is 0.261 e. The number of hydrogen-bond acceptors (Lipinski definition) is 3. The summed E-state index contributed by atoms with van der Waals surface area (Å²) in [6.45, 7) is 7.52. The molecular formula is C31H36N2O3. The third-order valence-electron chi connectivity index (χ3n) is 6.71. The Morgan fingerprint density at radius 1 is 1.00 bits per heavy atom. The van der Waals surface area contributed by atoms with Gasteiger partial charge in [0.15, 0.2) is 6.10 Å². The van der Waals surface area contributed by atoms with Gasteiger partial charge >= 0.3 is 0 Å². The van der Waals surface area contributed by atoms with Gasteiger partial charge in [0.05, 0.1) is 6.04 Å². The Labute approximate surface area is 214 Å². The second-order valence-corrected chi connectivity index (χ2v) is 9.78. The summed E-state index contributed by atoms with van der Waals surface area (Å²) in [5, 5.41) is 3.01. The van der Waals surface area contributed by atoms with Crippen LogP contribution in [0.25, 0.3) is 0 Å². The lowest BCUT2D eigenvalue weighted by atomic mass is 9.87. The Morgan fingerprint density at radius 3 is 2.36 bits per heavy atom. The fourth-order valence-corrected chi connectivity index (χ4v) is 4.71. The predicted octanol–water partition coefficient (Wildman–Crippen LogP) is 5.79. The highest BCUT2D eigenvalue weighted by Gasteiger charge is 2.33. The molecule has 1 N–H and O–H groups in total. The Kier molecular flexibility index (Phi) is 8.42. The summed E-state index contributed by atoms with van der Waals surface area (Å²) in [7, 11) is 0. The summed E-state index contributed by atoms with van der Waals surface area (Å²) in [4.78, 5) is 28.3. The number of rotatable bonds is 9. The second-order valence-electron chi connectivity index (χ2n) is 9.78. The number of carbonyl (C=O) groups excluding carboxylic acids is 2. The van der Waals surface area contributed by atoms with Gasteiger partial charge < -0.3 is 15.0 Å². The fraction of sp³-hybridized carbons (Fsp3) is 0.355. The molecule has 1 aliphatic heterocycles. The van der Waals surface area contributed by atoms with E-state index in [1.807, 2.05) is 72.5 Å². The molecule has 0 aliphatic carbocycles. The Balaban J connectivity index is 1.63. The average Bonchev–Trinajstić information content (AvgIpc) is 2.91. The number of benzene rings is 3. The quantitative estimate of drug-likeness (QED) is 0.418. The smallest absolute Gasteiger partial charge is 0.261 e. The molecule has 4 rings (SSSR count). The standard InChI is InChI=1S/C31H36N2O3/c1-4-28(30(34)32-19-17-22(2)3)36-26-16-15-23-18-20-33(31(35)25-13-9-6-10-14-25)29(27(23)21-26)24-11-7-5-8-12-24/h5-16,21-22,28-29H,4,17-20H2,1-3H3,(H,32,34). The van der Waals surface area contributed by atoms with Crippen molar-refractivity contribution in [1.82, 2.24) is 10.2 Å². The van der Waals surface area contributed by atoms with E-state index in [4.69, 9.17) is 4.74 Å². The van der Waals surface area contributed by atoms with E-state index >= 15 is 0 Å². The van der Waals surface area contributed by atoms with E-state index in [1.54, 1.807) is 0 Å². The summed E-state index contributed by atoms with van der Waals surface area (Å²) in [6, 6.07) is 25.4. The molecule has 0 bridgehead atoms. The zero-order chi connectivity index (χ0) is 25.5. The van der Waals surface area contributed by atoms with Crippen LogP contribution < -0.4 is 10.1 Å². The molecule has 5 nitrogen and oxygen atoms in total. The average molecular weight is 485 g/mol. The summed E-state index contributed by atoms with van der Waals surface area (Å²) < 4.78 is 6.20. The lowest BCUT2D eigenvalue weighted by Crippen LogP contribution is -2.41. The van der Waals surface area contributed by atoms with Crippen LogP contribution in [0, 0.1) is 5.92 Å². The molecule has 36 heavy (non-hydrogen) atoms. The van der Waals surface area contributed by atoms with E-state index in [9.17, 15) is 9.59 Å². The second kappa shape index (κ2) is 11.9. The molecule has 0 radical (unpaired) electrons. The predicted molar refractivity (Wildman–Crippen MR) is 143 cm³/mol. The highest BCUT2D eigenvalue weighted by atomic mass is 16.5. The third kappa shape index (κ3) is 5.96. The van der Waals surface area contributed by atoms with Gasteiger partial charge in [-0.3, -0.25) is 9.59 Å². The van der Waals surface area contributed by atoms with Crippen molar-refractivity contribution in [2.45, 2.75) is 52.2 Å². The molecule has 1 heterocycles. The molecule has 5 heteroatoms. The van der Waals surface area contributed by atoms with Crippen molar-refractivity contribution >= 4 is 11.8 Å². The molecular weight excluding hydrogens is 448 g/mol. The molecule has 2 unspecified atom stereocenters. The largest absolute Gasteiger partial charge is 0.481 e. The highest BCUT2D eigenvalue weighted by molar-refractivity contribution is 5.95. The van der Waals surface area contributed by atoms with Crippen LogP contribution in [0.1, 0.15) is 66.7 Å². The summed E-state index contributed by atoms with van der Waals surface area (Å²) >= 11 is 0. The molecule has 3 aromatic rings. The molecule has 2 amide bonds. The Morgan fingerprint density at radius 2 is 1.69 bits per heavy atom. The van der Waals surface area contributed by atoms with Crippen LogP contribution in [0.5, 0.6) is 5.75 Å². The fourth-order valence-electron chi connectivity index (χ4n) is 4.71. The van der Waals surface area contributed by atoms with E-state index in [0.717, 1.165) is 24.0 Å². The number of amides is 2. The lowest BCUT2D eigenvalue weighted by molar-refractivity contribution is -0.128. The first-order valence-electron chi connectivity index (χ1n) is 13.0. The molecule has 3 aromatic carbocycles. The van der Waals surface area contributed by atoms with Crippen LogP contribution in [0.3, 0.4) is 0 Å².